The molecule has 0 aromatic heterocycles. The fraction of sp³-hybridized carbons (Fsp3) is 0.778. The first-order valence-corrected chi connectivity index (χ1v) is 14.8. The molecule has 182 valence electrons. The SMILES string of the molecule is CC(C)(C)OC(=O)N[N+]1(C(=O)CC(NC(=O)O)SSCCC(=O)N2CCSC2)CCSC1. The molecule has 3 N–H and O–H groups in total. The van der Waals surface area contributed by atoms with E-state index in [1.165, 1.54) is 33.3 Å². The normalized spacial score (nSPS) is 21.8. The van der Waals surface area contributed by atoms with Crippen molar-refractivity contribution in [3.63, 3.8) is 0 Å². The monoisotopic (exact) mass is 527 g/mol. The molecule has 0 saturated carbocycles. The Morgan fingerprint density at radius 3 is 2.53 bits per heavy atom. The van der Waals surface area contributed by atoms with Gasteiger partial charge in [-0.15, -0.1) is 16.4 Å². The Kier molecular flexibility index (Phi) is 10.6. The molecular formula is C18H31N4O6S4+. The van der Waals surface area contributed by atoms with Crippen LogP contribution in [0.4, 0.5) is 9.59 Å². The largest absolute Gasteiger partial charge is 0.465 e. The van der Waals surface area contributed by atoms with E-state index >= 15 is 0 Å². The van der Waals surface area contributed by atoms with Crippen LogP contribution in [-0.2, 0) is 14.3 Å². The van der Waals surface area contributed by atoms with Gasteiger partial charge in [0.1, 0.15) is 17.5 Å². The Morgan fingerprint density at radius 1 is 1.22 bits per heavy atom. The van der Waals surface area contributed by atoms with Gasteiger partial charge in [0.15, 0.2) is 5.88 Å². The molecule has 2 aliphatic heterocycles. The maximum atomic E-state index is 13.1. The minimum Gasteiger partial charge on any atom is -0.465 e. The van der Waals surface area contributed by atoms with E-state index in [0.717, 1.165) is 18.2 Å². The van der Waals surface area contributed by atoms with Crippen molar-refractivity contribution in [2.24, 2.45) is 0 Å². The summed E-state index contributed by atoms with van der Waals surface area (Å²) in [6.45, 7) is 6.40. The summed E-state index contributed by atoms with van der Waals surface area (Å²) in [6.07, 6.45) is -1.65. The Balaban J connectivity index is 1.90. The van der Waals surface area contributed by atoms with Crippen LogP contribution in [0.5, 0.6) is 0 Å². The molecule has 0 aromatic carbocycles. The molecule has 14 heteroatoms. The van der Waals surface area contributed by atoms with E-state index in [4.69, 9.17) is 4.74 Å². The van der Waals surface area contributed by atoms with Crippen LogP contribution in [0, 0.1) is 0 Å². The smallest absolute Gasteiger partial charge is 0.452 e. The summed E-state index contributed by atoms with van der Waals surface area (Å²) < 4.78 is 5.02. The van der Waals surface area contributed by atoms with Gasteiger partial charge < -0.3 is 20.1 Å². The van der Waals surface area contributed by atoms with Crippen molar-refractivity contribution in [3.8, 4) is 0 Å². The number of nitrogens with zero attached hydrogens (tertiary/aromatic N) is 2. The van der Waals surface area contributed by atoms with Gasteiger partial charge in [-0.05, 0) is 20.8 Å². The highest BCUT2D eigenvalue weighted by molar-refractivity contribution is 8.76. The standard InChI is InChI=1S/C18H30N4O6S4/c1-18(2,3)28-17(27)20-22(6-9-30-12-22)15(24)10-13(19-16(25)26)32-31-7-4-14(23)21-5-8-29-11-21/h13,19H,4-12H2,1-3H3,(H-,20,25,26,27)/p+1. The number of hydrogen-bond acceptors (Lipinski definition) is 9. The lowest BCUT2D eigenvalue weighted by atomic mass is 10.2. The number of ether oxygens (including phenoxy) is 1. The van der Waals surface area contributed by atoms with Gasteiger partial charge in [0.2, 0.25) is 5.91 Å². The zero-order valence-electron chi connectivity index (χ0n) is 18.5. The van der Waals surface area contributed by atoms with Gasteiger partial charge in [-0.3, -0.25) is 4.79 Å². The van der Waals surface area contributed by atoms with E-state index in [-0.39, 0.29) is 22.8 Å². The number of carbonyl (C=O) groups excluding carboxylic acids is 3. The van der Waals surface area contributed by atoms with E-state index in [1.54, 1.807) is 32.5 Å². The number of hydrogen-bond donors (Lipinski definition) is 3. The van der Waals surface area contributed by atoms with Crippen molar-refractivity contribution in [1.82, 2.24) is 15.6 Å². The molecule has 0 radical (unpaired) electrons. The zero-order chi connectivity index (χ0) is 23.8. The number of rotatable bonds is 8. The van der Waals surface area contributed by atoms with Crippen LogP contribution in [0.3, 0.4) is 0 Å². The van der Waals surface area contributed by atoms with Gasteiger partial charge in [0.05, 0.1) is 18.1 Å². The molecule has 2 rings (SSSR count). The predicted octanol–water partition coefficient (Wildman–Crippen LogP) is 2.76. The minimum absolute atomic E-state index is 0.0853. The fourth-order valence-corrected chi connectivity index (χ4v) is 7.39. The number of quaternary nitrogens is 1. The number of carboxylic acid groups (broad SMARTS) is 1. The second-order valence-electron chi connectivity index (χ2n) is 8.24. The number of thioether (sulfide) groups is 2. The number of carbonyl (C=O) groups is 4. The first-order valence-electron chi connectivity index (χ1n) is 10.1. The summed E-state index contributed by atoms with van der Waals surface area (Å²) in [4.78, 5) is 50.6. The van der Waals surface area contributed by atoms with E-state index in [9.17, 15) is 24.3 Å². The van der Waals surface area contributed by atoms with Gasteiger partial charge in [-0.25, -0.2) is 14.4 Å². The third-order valence-corrected chi connectivity index (χ3v) is 9.13. The van der Waals surface area contributed by atoms with Gasteiger partial charge in [-0.1, -0.05) is 33.3 Å². The fourth-order valence-electron chi connectivity index (χ4n) is 2.94. The zero-order valence-corrected chi connectivity index (χ0v) is 21.7. The lowest BCUT2D eigenvalue weighted by Crippen LogP contribution is -2.63. The summed E-state index contributed by atoms with van der Waals surface area (Å²) in [6, 6.07) is 0. The van der Waals surface area contributed by atoms with E-state index < -0.39 is 23.2 Å². The summed E-state index contributed by atoms with van der Waals surface area (Å²) in [5.41, 5.74) is 1.98. The molecule has 10 nitrogen and oxygen atoms in total. The van der Waals surface area contributed by atoms with Crippen LogP contribution in [-0.4, -0.2) is 91.7 Å². The summed E-state index contributed by atoms with van der Waals surface area (Å²) in [7, 11) is 2.57. The highest BCUT2D eigenvalue weighted by atomic mass is 33.1. The quantitative estimate of drug-likeness (QED) is 0.188. The van der Waals surface area contributed by atoms with Gasteiger partial charge >= 0.3 is 18.1 Å². The molecular weight excluding hydrogens is 496 g/mol. The molecule has 2 atom stereocenters. The van der Waals surface area contributed by atoms with Crippen LogP contribution in [0.15, 0.2) is 0 Å². The average molecular weight is 528 g/mol. The first-order chi connectivity index (χ1) is 15.0. The van der Waals surface area contributed by atoms with Crippen molar-refractivity contribution in [2.75, 3.05) is 42.1 Å². The van der Waals surface area contributed by atoms with Crippen LogP contribution >= 0.6 is 45.1 Å². The number of amides is 4. The van der Waals surface area contributed by atoms with Crippen LogP contribution in [0.1, 0.15) is 33.6 Å². The minimum atomic E-state index is -1.23. The van der Waals surface area contributed by atoms with E-state index in [0.29, 0.717) is 30.3 Å². The van der Waals surface area contributed by atoms with E-state index in [2.05, 4.69) is 10.7 Å². The Labute approximate surface area is 204 Å². The third kappa shape index (κ3) is 9.12. The molecule has 0 spiro atoms. The molecule has 2 aliphatic rings. The van der Waals surface area contributed by atoms with Crippen molar-refractivity contribution in [2.45, 2.75) is 44.6 Å². The molecule has 2 unspecified atom stereocenters. The second kappa shape index (κ2) is 12.5. The molecule has 2 fully saturated rings. The molecule has 2 heterocycles. The van der Waals surface area contributed by atoms with Crippen molar-refractivity contribution in [3.05, 3.63) is 0 Å². The molecule has 0 aliphatic carbocycles. The Bertz CT molecular complexity index is 693. The topological polar surface area (TPSA) is 125 Å². The highest BCUT2D eigenvalue weighted by Crippen LogP contribution is 2.31. The number of nitrogens with one attached hydrogen (secondary N) is 2. The van der Waals surface area contributed by atoms with Crippen LogP contribution < -0.4 is 10.7 Å². The van der Waals surface area contributed by atoms with Gasteiger partial charge in [0, 0.05) is 24.5 Å². The third-order valence-electron chi connectivity index (χ3n) is 4.44. The average Bonchev–Trinajstić information content (AvgIpc) is 3.35. The molecule has 0 bridgehead atoms. The van der Waals surface area contributed by atoms with Gasteiger partial charge in [-0.2, -0.15) is 5.43 Å². The van der Waals surface area contributed by atoms with Crippen molar-refractivity contribution >= 4 is 69.1 Å². The summed E-state index contributed by atoms with van der Waals surface area (Å²) in [5.74, 6) is 3.03. The summed E-state index contributed by atoms with van der Waals surface area (Å²) >= 11 is 3.26. The molecule has 4 amide bonds. The second-order valence-corrected chi connectivity index (χ2v) is 13.1. The predicted molar refractivity (Wildman–Crippen MR) is 130 cm³/mol. The van der Waals surface area contributed by atoms with Crippen LogP contribution in [0.25, 0.3) is 0 Å². The first kappa shape index (κ1) is 27.3. The maximum absolute atomic E-state index is 13.1. The van der Waals surface area contributed by atoms with Crippen LogP contribution in [0.2, 0.25) is 0 Å². The Hall–Kier alpha value is -0.960. The summed E-state index contributed by atoms with van der Waals surface area (Å²) in [5, 5.41) is 10.8. The van der Waals surface area contributed by atoms with Crippen molar-refractivity contribution < 1.29 is 33.6 Å². The molecule has 2 saturated heterocycles. The van der Waals surface area contributed by atoms with Crippen molar-refractivity contribution in [1.29, 1.82) is 0 Å². The van der Waals surface area contributed by atoms with Gasteiger partial charge in [0.25, 0.3) is 0 Å². The lowest BCUT2D eigenvalue weighted by molar-refractivity contribution is -0.871. The maximum Gasteiger partial charge on any atom is 0.452 e. The van der Waals surface area contributed by atoms with E-state index in [1.807, 2.05) is 4.90 Å². The molecule has 32 heavy (non-hydrogen) atoms. The Morgan fingerprint density at radius 2 is 1.97 bits per heavy atom. The highest BCUT2D eigenvalue weighted by Gasteiger charge is 2.44. The molecule has 0 aromatic rings. The lowest BCUT2D eigenvalue weighted by Gasteiger charge is -2.31.